The smallest absolute Gasteiger partial charge is 0.278 e. The standard InChI is InChI=1S/C21H21N3O6/c1-4-9-23-20(25)18(13-5-7-15(8-6-13)24(27)28)19(21(23)26)22-14-10-16(29-2)12-17(11-14)30-3/h5-8,10-12,22H,4,9H2,1-3H3. The number of hydrogen-bond acceptors (Lipinski definition) is 7. The molecular weight excluding hydrogens is 390 g/mol. The Kier molecular flexibility index (Phi) is 6.01. The molecule has 0 saturated carbocycles. The summed E-state index contributed by atoms with van der Waals surface area (Å²) in [5.41, 5.74) is 1.06. The van der Waals surface area contributed by atoms with Gasteiger partial charge >= 0.3 is 0 Å². The van der Waals surface area contributed by atoms with Crippen LogP contribution in [-0.4, -0.2) is 42.4 Å². The quantitative estimate of drug-likeness (QED) is 0.403. The van der Waals surface area contributed by atoms with Gasteiger partial charge in [0.05, 0.1) is 24.7 Å². The fraction of sp³-hybridized carbons (Fsp3) is 0.238. The molecule has 0 atom stereocenters. The Hall–Kier alpha value is -3.88. The Bertz CT molecular complexity index is 1010. The lowest BCUT2D eigenvalue weighted by Gasteiger charge is -2.14. The van der Waals surface area contributed by atoms with Crippen LogP contribution in [0.5, 0.6) is 11.5 Å². The molecule has 156 valence electrons. The second-order valence-electron chi connectivity index (χ2n) is 6.54. The second-order valence-corrected chi connectivity index (χ2v) is 6.54. The van der Waals surface area contributed by atoms with Crippen molar-refractivity contribution in [3.05, 3.63) is 63.8 Å². The molecular formula is C21H21N3O6. The number of non-ortho nitro benzene ring substituents is 1. The Balaban J connectivity index is 2.08. The average Bonchev–Trinajstić information content (AvgIpc) is 2.98. The first-order chi connectivity index (χ1) is 14.4. The van der Waals surface area contributed by atoms with Gasteiger partial charge in [0.15, 0.2) is 0 Å². The van der Waals surface area contributed by atoms with Crippen molar-refractivity contribution in [3.8, 4) is 11.5 Å². The van der Waals surface area contributed by atoms with Gasteiger partial charge in [-0.2, -0.15) is 0 Å². The van der Waals surface area contributed by atoms with Crippen molar-refractivity contribution >= 4 is 28.8 Å². The molecule has 0 radical (unpaired) electrons. The number of ether oxygens (including phenoxy) is 2. The third-order valence-electron chi connectivity index (χ3n) is 4.60. The summed E-state index contributed by atoms with van der Waals surface area (Å²) in [6, 6.07) is 10.5. The van der Waals surface area contributed by atoms with Crippen LogP contribution in [0.1, 0.15) is 18.9 Å². The number of imide groups is 1. The first-order valence-electron chi connectivity index (χ1n) is 9.25. The summed E-state index contributed by atoms with van der Waals surface area (Å²) in [6.07, 6.45) is 0.602. The fourth-order valence-corrected chi connectivity index (χ4v) is 3.16. The van der Waals surface area contributed by atoms with E-state index in [0.29, 0.717) is 29.2 Å². The van der Waals surface area contributed by atoms with E-state index in [-0.39, 0.29) is 23.5 Å². The minimum Gasteiger partial charge on any atom is -0.497 e. The molecule has 2 amide bonds. The van der Waals surface area contributed by atoms with Gasteiger partial charge in [0.1, 0.15) is 17.2 Å². The summed E-state index contributed by atoms with van der Waals surface area (Å²) in [7, 11) is 3.01. The minimum atomic E-state index is -0.523. The monoisotopic (exact) mass is 411 g/mol. The molecule has 1 aliphatic rings. The first-order valence-corrected chi connectivity index (χ1v) is 9.25. The summed E-state index contributed by atoms with van der Waals surface area (Å²) in [5, 5.41) is 14.0. The number of nitro groups is 1. The molecule has 2 aromatic rings. The van der Waals surface area contributed by atoms with Crippen LogP contribution < -0.4 is 14.8 Å². The highest BCUT2D eigenvalue weighted by atomic mass is 16.6. The molecule has 9 nitrogen and oxygen atoms in total. The summed E-state index contributed by atoms with van der Waals surface area (Å²) in [6.45, 7) is 2.13. The van der Waals surface area contributed by atoms with Crippen LogP contribution in [0.2, 0.25) is 0 Å². The number of rotatable bonds is 8. The zero-order chi connectivity index (χ0) is 21.8. The van der Waals surface area contributed by atoms with Gasteiger partial charge in [0.25, 0.3) is 17.5 Å². The van der Waals surface area contributed by atoms with Crippen molar-refractivity contribution in [1.29, 1.82) is 0 Å². The van der Waals surface area contributed by atoms with Gasteiger partial charge < -0.3 is 14.8 Å². The number of nitro benzene ring substituents is 1. The lowest BCUT2D eigenvalue weighted by Crippen LogP contribution is -2.33. The van der Waals surface area contributed by atoms with Crippen LogP contribution in [0.3, 0.4) is 0 Å². The van der Waals surface area contributed by atoms with Gasteiger partial charge in [0.2, 0.25) is 0 Å². The van der Waals surface area contributed by atoms with Gasteiger partial charge in [-0.25, -0.2) is 0 Å². The molecule has 1 N–H and O–H groups in total. The van der Waals surface area contributed by atoms with Crippen LogP contribution in [0.15, 0.2) is 48.2 Å². The van der Waals surface area contributed by atoms with Gasteiger partial charge in [-0.15, -0.1) is 0 Å². The molecule has 0 bridgehead atoms. The van der Waals surface area contributed by atoms with Gasteiger partial charge in [0, 0.05) is 42.6 Å². The lowest BCUT2D eigenvalue weighted by atomic mass is 10.0. The number of benzene rings is 2. The molecule has 9 heteroatoms. The number of nitrogens with zero attached hydrogens (tertiary/aromatic N) is 2. The van der Waals surface area contributed by atoms with Gasteiger partial charge in [-0.1, -0.05) is 6.92 Å². The van der Waals surface area contributed by atoms with Crippen molar-refractivity contribution in [2.75, 3.05) is 26.1 Å². The van der Waals surface area contributed by atoms with E-state index >= 15 is 0 Å². The van der Waals surface area contributed by atoms with E-state index in [1.807, 2.05) is 6.92 Å². The molecule has 0 spiro atoms. The maximum absolute atomic E-state index is 13.0. The fourth-order valence-electron chi connectivity index (χ4n) is 3.16. The van der Waals surface area contributed by atoms with Crippen LogP contribution in [0, 0.1) is 10.1 Å². The molecule has 0 unspecified atom stereocenters. The molecule has 0 fully saturated rings. The van der Waals surface area contributed by atoms with Gasteiger partial charge in [-0.05, 0) is 24.1 Å². The molecule has 30 heavy (non-hydrogen) atoms. The van der Waals surface area contributed by atoms with E-state index in [2.05, 4.69) is 5.32 Å². The molecule has 3 rings (SSSR count). The largest absolute Gasteiger partial charge is 0.497 e. The molecule has 1 heterocycles. The molecule has 0 saturated heterocycles. The van der Waals surface area contributed by atoms with Gasteiger partial charge in [-0.3, -0.25) is 24.6 Å². The number of anilines is 1. The molecule has 0 aromatic heterocycles. The van der Waals surface area contributed by atoms with E-state index in [1.165, 1.54) is 38.5 Å². The summed E-state index contributed by atoms with van der Waals surface area (Å²) >= 11 is 0. The normalized spacial score (nSPS) is 13.6. The highest BCUT2D eigenvalue weighted by molar-refractivity contribution is 6.36. The molecule has 0 aliphatic carbocycles. The maximum atomic E-state index is 13.0. The van der Waals surface area contributed by atoms with E-state index in [1.54, 1.807) is 18.2 Å². The average molecular weight is 411 g/mol. The number of carbonyl (C=O) groups is 2. The van der Waals surface area contributed by atoms with Crippen molar-refractivity contribution in [2.24, 2.45) is 0 Å². The van der Waals surface area contributed by atoms with Crippen LogP contribution in [-0.2, 0) is 9.59 Å². The lowest BCUT2D eigenvalue weighted by molar-refractivity contribution is -0.384. The number of amides is 2. The van der Waals surface area contributed by atoms with Crippen molar-refractivity contribution in [3.63, 3.8) is 0 Å². The topological polar surface area (TPSA) is 111 Å². The molecule has 1 aliphatic heterocycles. The van der Waals surface area contributed by atoms with Crippen molar-refractivity contribution in [2.45, 2.75) is 13.3 Å². The van der Waals surface area contributed by atoms with Crippen LogP contribution in [0.25, 0.3) is 5.57 Å². The number of methoxy groups -OCH3 is 2. The maximum Gasteiger partial charge on any atom is 0.278 e. The highest BCUT2D eigenvalue weighted by Gasteiger charge is 2.38. The summed E-state index contributed by atoms with van der Waals surface area (Å²) < 4.78 is 10.5. The predicted molar refractivity (Wildman–Crippen MR) is 110 cm³/mol. The highest BCUT2D eigenvalue weighted by Crippen LogP contribution is 2.33. The first kappa shape index (κ1) is 20.8. The van der Waals surface area contributed by atoms with E-state index in [0.717, 1.165) is 4.90 Å². The predicted octanol–water partition coefficient (Wildman–Crippen LogP) is 3.21. The van der Waals surface area contributed by atoms with Crippen molar-refractivity contribution in [1.82, 2.24) is 4.90 Å². The van der Waals surface area contributed by atoms with E-state index < -0.39 is 16.7 Å². The zero-order valence-electron chi connectivity index (χ0n) is 16.8. The SMILES string of the molecule is CCCN1C(=O)C(Nc2cc(OC)cc(OC)c2)=C(c2ccc([N+](=O)[O-])cc2)C1=O. The summed E-state index contributed by atoms with van der Waals surface area (Å²) in [4.78, 5) is 37.6. The Morgan fingerprint density at radius 3 is 2.10 bits per heavy atom. The Morgan fingerprint density at radius 1 is 1.00 bits per heavy atom. The number of carbonyl (C=O) groups excluding carboxylic acids is 2. The van der Waals surface area contributed by atoms with Crippen molar-refractivity contribution < 1.29 is 24.0 Å². The third-order valence-corrected chi connectivity index (χ3v) is 4.60. The Morgan fingerprint density at radius 2 is 1.60 bits per heavy atom. The number of hydrogen-bond donors (Lipinski definition) is 1. The zero-order valence-corrected chi connectivity index (χ0v) is 16.8. The van der Waals surface area contributed by atoms with E-state index in [9.17, 15) is 19.7 Å². The van der Waals surface area contributed by atoms with Crippen LogP contribution >= 0.6 is 0 Å². The third kappa shape index (κ3) is 3.95. The summed E-state index contributed by atoms with van der Waals surface area (Å²) in [5.74, 6) is 0.109. The minimum absolute atomic E-state index is 0.0950. The Labute approximate surface area is 173 Å². The second kappa shape index (κ2) is 8.64. The molecule has 2 aromatic carbocycles. The van der Waals surface area contributed by atoms with E-state index in [4.69, 9.17) is 9.47 Å². The number of nitrogens with one attached hydrogen (secondary N) is 1. The van der Waals surface area contributed by atoms with Crippen LogP contribution in [0.4, 0.5) is 11.4 Å².